The third kappa shape index (κ3) is 2.69. The number of ether oxygens (including phenoxy) is 1. The van der Waals surface area contributed by atoms with Gasteiger partial charge in [-0.15, -0.1) is 0 Å². The lowest BCUT2D eigenvalue weighted by Crippen LogP contribution is -2.30. The van der Waals surface area contributed by atoms with Crippen molar-refractivity contribution in [2.45, 2.75) is 11.3 Å². The minimum Gasteiger partial charge on any atom is -0.469 e. The Hall–Kier alpha value is -1.67. The van der Waals surface area contributed by atoms with E-state index in [0.29, 0.717) is 6.42 Å². The van der Waals surface area contributed by atoms with E-state index >= 15 is 0 Å². The molecule has 0 spiro atoms. The number of esters is 1. The van der Waals surface area contributed by atoms with Crippen LogP contribution in [-0.4, -0.2) is 43.9 Å². The number of aromatic amines is 1. The summed E-state index contributed by atoms with van der Waals surface area (Å²) in [5, 5.41) is 0. The van der Waals surface area contributed by atoms with Crippen LogP contribution in [0.1, 0.15) is 6.42 Å². The lowest BCUT2D eigenvalue weighted by atomic mass is 10.1. The number of sulfonamides is 1. The minimum atomic E-state index is -3.67. The molecule has 1 fully saturated rings. The van der Waals surface area contributed by atoms with Crippen molar-refractivity contribution in [2.75, 3.05) is 20.2 Å². The Morgan fingerprint density at radius 2 is 2.21 bits per heavy atom. The van der Waals surface area contributed by atoms with Crippen LogP contribution in [-0.2, 0) is 19.6 Å². The number of carbonyl (C=O) groups excluding carboxylic acids is 1. The quantitative estimate of drug-likeness (QED) is 0.760. The predicted octanol–water partition coefficient (Wildman–Crippen LogP) is -0.442. The number of pyridine rings is 1. The van der Waals surface area contributed by atoms with Crippen molar-refractivity contribution in [3.05, 3.63) is 28.7 Å². The Morgan fingerprint density at radius 3 is 2.79 bits per heavy atom. The molecule has 2 rings (SSSR count). The molecule has 1 unspecified atom stereocenters. The molecule has 104 valence electrons. The highest BCUT2D eigenvalue weighted by atomic mass is 32.2. The molecular weight excluding hydrogens is 272 g/mol. The summed E-state index contributed by atoms with van der Waals surface area (Å²) < 4.78 is 30.3. The van der Waals surface area contributed by atoms with Gasteiger partial charge in [-0.3, -0.25) is 9.59 Å². The number of carbonyl (C=O) groups is 1. The highest BCUT2D eigenvalue weighted by molar-refractivity contribution is 7.89. The first kappa shape index (κ1) is 13.8. The van der Waals surface area contributed by atoms with E-state index in [9.17, 15) is 18.0 Å². The van der Waals surface area contributed by atoms with Crippen molar-refractivity contribution >= 4 is 16.0 Å². The summed E-state index contributed by atoms with van der Waals surface area (Å²) in [4.78, 5) is 24.6. The van der Waals surface area contributed by atoms with E-state index in [2.05, 4.69) is 9.72 Å². The van der Waals surface area contributed by atoms with Crippen LogP contribution in [0.3, 0.4) is 0 Å². The molecule has 2 heterocycles. The number of aromatic nitrogens is 1. The maximum atomic E-state index is 12.3. The van der Waals surface area contributed by atoms with Gasteiger partial charge in [0.1, 0.15) is 0 Å². The maximum absolute atomic E-state index is 12.3. The van der Waals surface area contributed by atoms with Crippen molar-refractivity contribution < 1.29 is 17.9 Å². The van der Waals surface area contributed by atoms with Gasteiger partial charge < -0.3 is 9.72 Å². The fourth-order valence-corrected chi connectivity index (χ4v) is 3.48. The van der Waals surface area contributed by atoms with E-state index in [1.54, 1.807) is 0 Å². The van der Waals surface area contributed by atoms with Gasteiger partial charge in [-0.2, -0.15) is 4.31 Å². The van der Waals surface area contributed by atoms with Crippen molar-refractivity contribution in [1.29, 1.82) is 0 Å². The molecule has 0 saturated carbocycles. The third-order valence-corrected chi connectivity index (χ3v) is 4.94. The zero-order valence-electron chi connectivity index (χ0n) is 10.3. The molecule has 0 radical (unpaired) electrons. The summed E-state index contributed by atoms with van der Waals surface area (Å²) in [6.07, 6.45) is 1.60. The number of hydrogen-bond donors (Lipinski definition) is 1. The Balaban J connectivity index is 2.20. The second-order valence-electron chi connectivity index (χ2n) is 4.26. The van der Waals surface area contributed by atoms with E-state index < -0.39 is 21.9 Å². The van der Waals surface area contributed by atoms with E-state index in [1.807, 2.05) is 0 Å². The molecule has 0 bridgehead atoms. The Morgan fingerprint density at radius 1 is 1.47 bits per heavy atom. The van der Waals surface area contributed by atoms with Gasteiger partial charge in [0.2, 0.25) is 15.6 Å². The zero-order chi connectivity index (χ0) is 14.0. The average Bonchev–Trinajstić information content (AvgIpc) is 2.88. The van der Waals surface area contributed by atoms with Gasteiger partial charge in [-0.25, -0.2) is 8.42 Å². The number of methoxy groups -OCH3 is 1. The fourth-order valence-electron chi connectivity index (χ4n) is 2.01. The summed E-state index contributed by atoms with van der Waals surface area (Å²) in [6.45, 7) is 0.370. The van der Waals surface area contributed by atoms with Crippen molar-refractivity contribution in [2.24, 2.45) is 5.92 Å². The smallest absolute Gasteiger partial charge is 0.310 e. The molecule has 1 aromatic rings. The molecular formula is C11H14N2O5S. The molecule has 8 heteroatoms. The van der Waals surface area contributed by atoms with E-state index in [1.165, 1.54) is 17.5 Å². The van der Waals surface area contributed by atoms with Crippen LogP contribution in [0.4, 0.5) is 0 Å². The fraction of sp³-hybridized carbons (Fsp3) is 0.455. The van der Waals surface area contributed by atoms with Gasteiger partial charge in [0.25, 0.3) is 0 Å². The maximum Gasteiger partial charge on any atom is 0.310 e. The Labute approximate surface area is 110 Å². The Kier molecular flexibility index (Phi) is 3.72. The summed E-state index contributed by atoms with van der Waals surface area (Å²) in [5.41, 5.74) is -0.368. The summed E-state index contributed by atoms with van der Waals surface area (Å²) in [6, 6.07) is 2.40. The second-order valence-corrected chi connectivity index (χ2v) is 6.20. The van der Waals surface area contributed by atoms with Crippen LogP contribution in [0, 0.1) is 5.92 Å². The molecule has 1 atom stereocenters. The van der Waals surface area contributed by atoms with Gasteiger partial charge in [-0.1, -0.05) is 0 Å². The van der Waals surface area contributed by atoms with Crippen molar-refractivity contribution in [3.8, 4) is 0 Å². The molecule has 1 saturated heterocycles. The highest BCUT2D eigenvalue weighted by Gasteiger charge is 2.36. The van der Waals surface area contributed by atoms with E-state index in [4.69, 9.17) is 0 Å². The lowest BCUT2D eigenvalue weighted by Gasteiger charge is -2.15. The summed E-state index contributed by atoms with van der Waals surface area (Å²) >= 11 is 0. The largest absolute Gasteiger partial charge is 0.469 e. The lowest BCUT2D eigenvalue weighted by molar-refractivity contribution is -0.144. The van der Waals surface area contributed by atoms with Crippen molar-refractivity contribution in [3.63, 3.8) is 0 Å². The average molecular weight is 286 g/mol. The van der Waals surface area contributed by atoms with Gasteiger partial charge in [0.15, 0.2) is 0 Å². The van der Waals surface area contributed by atoms with Gasteiger partial charge in [0, 0.05) is 25.4 Å². The van der Waals surface area contributed by atoms with E-state index in [-0.39, 0.29) is 23.5 Å². The highest BCUT2D eigenvalue weighted by Crippen LogP contribution is 2.24. The topological polar surface area (TPSA) is 96.5 Å². The monoisotopic (exact) mass is 286 g/mol. The van der Waals surface area contributed by atoms with Crippen LogP contribution in [0.25, 0.3) is 0 Å². The number of hydrogen-bond acceptors (Lipinski definition) is 5. The molecule has 1 aliphatic heterocycles. The second kappa shape index (κ2) is 5.14. The molecule has 19 heavy (non-hydrogen) atoms. The standard InChI is InChI=1S/C11H14N2O5S/c1-18-11(15)8-4-5-13(7-8)19(16,17)9-2-3-10(14)12-6-9/h2-3,6,8H,4-5,7H2,1H3,(H,12,14). The summed E-state index contributed by atoms with van der Waals surface area (Å²) in [7, 11) is -2.40. The predicted molar refractivity (Wildman–Crippen MR) is 65.9 cm³/mol. The van der Waals surface area contributed by atoms with Crippen LogP contribution >= 0.6 is 0 Å². The number of H-pyrrole nitrogens is 1. The van der Waals surface area contributed by atoms with Crippen LogP contribution in [0.5, 0.6) is 0 Å². The zero-order valence-corrected chi connectivity index (χ0v) is 11.1. The molecule has 0 aliphatic carbocycles. The normalized spacial score (nSPS) is 20.4. The first-order chi connectivity index (χ1) is 8.95. The number of nitrogens with zero attached hydrogens (tertiary/aromatic N) is 1. The molecule has 1 N–H and O–H groups in total. The van der Waals surface area contributed by atoms with Gasteiger partial charge in [0.05, 0.1) is 17.9 Å². The number of rotatable bonds is 3. The molecule has 0 amide bonds. The summed E-state index contributed by atoms with van der Waals surface area (Å²) in [5.74, 6) is -0.832. The van der Waals surface area contributed by atoms with E-state index in [0.717, 1.165) is 12.3 Å². The third-order valence-electron chi connectivity index (χ3n) is 3.08. The molecule has 1 aliphatic rings. The molecule has 7 nitrogen and oxygen atoms in total. The molecule has 0 aromatic carbocycles. The van der Waals surface area contributed by atoms with Gasteiger partial charge in [-0.05, 0) is 12.5 Å². The van der Waals surface area contributed by atoms with Crippen LogP contribution < -0.4 is 5.56 Å². The van der Waals surface area contributed by atoms with Crippen LogP contribution in [0.15, 0.2) is 28.0 Å². The first-order valence-corrected chi connectivity index (χ1v) is 7.16. The minimum absolute atomic E-state index is 0.0117. The molecule has 1 aromatic heterocycles. The first-order valence-electron chi connectivity index (χ1n) is 5.72. The number of nitrogens with one attached hydrogen (secondary N) is 1. The van der Waals surface area contributed by atoms with Gasteiger partial charge >= 0.3 is 5.97 Å². The Bertz CT molecular complexity index is 616. The van der Waals surface area contributed by atoms with Crippen molar-refractivity contribution in [1.82, 2.24) is 9.29 Å². The SMILES string of the molecule is COC(=O)C1CCN(S(=O)(=O)c2ccc(=O)[nH]c2)C1. The van der Waals surface area contributed by atoms with Crippen LogP contribution in [0.2, 0.25) is 0 Å².